The topological polar surface area (TPSA) is 146 Å². The number of carbonyl (C=O) groups excluding carboxylic acids is 3. The molecular formula is C31H39IN2O8. The maximum absolute atomic E-state index is 13.6. The van der Waals surface area contributed by atoms with E-state index in [9.17, 15) is 29.7 Å². The summed E-state index contributed by atoms with van der Waals surface area (Å²) < 4.78 is 12.4. The third-order valence-electron chi connectivity index (χ3n) is 7.05. The van der Waals surface area contributed by atoms with Crippen molar-refractivity contribution in [3.63, 3.8) is 0 Å². The minimum absolute atomic E-state index is 0.0133. The Morgan fingerprint density at radius 1 is 1.10 bits per heavy atom. The van der Waals surface area contributed by atoms with Crippen molar-refractivity contribution in [2.24, 2.45) is 0 Å². The summed E-state index contributed by atoms with van der Waals surface area (Å²) in [4.78, 5) is 39.8. The van der Waals surface area contributed by atoms with E-state index < -0.39 is 24.2 Å². The van der Waals surface area contributed by atoms with E-state index in [1.807, 2.05) is 53.8 Å². The summed E-state index contributed by atoms with van der Waals surface area (Å²) in [5, 5.41) is 33.2. The highest BCUT2D eigenvalue weighted by molar-refractivity contribution is 14.1. The van der Waals surface area contributed by atoms with Gasteiger partial charge in [-0.15, -0.1) is 0 Å². The van der Waals surface area contributed by atoms with Crippen LogP contribution in [-0.2, 0) is 27.5 Å². The number of rotatable bonds is 14. The molecule has 1 aliphatic rings. The fourth-order valence-corrected chi connectivity index (χ4v) is 5.60. The minimum Gasteiger partial charge on any atom is -0.493 e. The van der Waals surface area contributed by atoms with Gasteiger partial charge in [0, 0.05) is 37.9 Å². The van der Waals surface area contributed by atoms with Crippen LogP contribution in [0.3, 0.4) is 0 Å². The van der Waals surface area contributed by atoms with E-state index in [4.69, 9.17) is 9.47 Å². The quantitative estimate of drug-likeness (QED) is 0.221. The van der Waals surface area contributed by atoms with Crippen LogP contribution in [0.15, 0.2) is 48.0 Å². The van der Waals surface area contributed by atoms with Gasteiger partial charge in [-0.05, 0) is 72.2 Å². The number of hydrogen-bond acceptors (Lipinski definition) is 8. The molecule has 0 saturated heterocycles. The number of ketones is 1. The third-order valence-corrected chi connectivity index (χ3v) is 7.86. The summed E-state index contributed by atoms with van der Waals surface area (Å²) in [5.41, 5.74) is 2.83. The van der Waals surface area contributed by atoms with Crippen molar-refractivity contribution in [1.82, 2.24) is 10.2 Å². The number of Topliss-reactive ketones (excluding diaryl/α,β-unsaturated/α-hetero) is 1. The predicted octanol–water partition coefficient (Wildman–Crippen LogP) is 2.80. The average molecular weight is 695 g/mol. The second kappa shape index (κ2) is 16.0. The molecule has 3 atom stereocenters. The Bertz CT molecular complexity index is 1280. The zero-order chi connectivity index (χ0) is 30.8. The number of ether oxygens (including phenoxy) is 2. The Hall–Kier alpha value is -3.00. The zero-order valence-corrected chi connectivity index (χ0v) is 26.3. The van der Waals surface area contributed by atoms with Gasteiger partial charge in [-0.1, -0.05) is 29.8 Å². The highest BCUT2D eigenvalue weighted by Crippen LogP contribution is 2.37. The Morgan fingerprint density at radius 2 is 1.81 bits per heavy atom. The van der Waals surface area contributed by atoms with E-state index in [-0.39, 0.29) is 57.3 Å². The highest BCUT2D eigenvalue weighted by atomic mass is 127. The van der Waals surface area contributed by atoms with Crippen LogP contribution in [0.4, 0.5) is 0 Å². The van der Waals surface area contributed by atoms with Gasteiger partial charge in [0.05, 0.1) is 29.9 Å². The number of aliphatic hydroxyl groups is 3. The molecule has 4 N–H and O–H groups in total. The first-order valence-electron chi connectivity index (χ1n) is 13.8. The van der Waals surface area contributed by atoms with E-state index in [2.05, 4.69) is 5.32 Å². The Labute approximate surface area is 259 Å². The lowest BCUT2D eigenvalue weighted by Gasteiger charge is -2.41. The fraction of sp³-hybridized carbons (Fsp3) is 0.452. The molecule has 11 heteroatoms. The maximum atomic E-state index is 13.6. The van der Waals surface area contributed by atoms with Gasteiger partial charge in [0.25, 0.3) is 0 Å². The number of aryl methyl sites for hydroxylation is 1. The first-order chi connectivity index (χ1) is 20.1. The summed E-state index contributed by atoms with van der Waals surface area (Å²) in [7, 11) is 1.46. The van der Waals surface area contributed by atoms with Gasteiger partial charge in [0.15, 0.2) is 11.5 Å². The van der Waals surface area contributed by atoms with Gasteiger partial charge >= 0.3 is 0 Å². The van der Waals surface area contributed by atoms with Crippen LogP contribution in [-0.4, -0.2) is 76.3 Å². The number of methoxy groups -OCH3 is 1. The maximum Gasteiger partial charge on any atom is 0.247 e. The standard InChI is InChI=1S/C31H39IN2O8/c1-19-7-9-21(10-8-19)17-34(28(38)6-4-5-20(2)37)25-15-23(31(40)33-11-12-35)16-26(29(25)39)42-30-24(32)13-22(18-36)14-27(30)41-3/h7-10,13-14,16,25-26,29,35-36,39H,4-6,11-12,15,17-18H2,1-3H3,(H,33,40)/t25-,26+,29+/m1/s1. The Morgan fingerprint density at radius 3 is 2.43 bits per heavy atom. The molecule has 2 amide bonds. The number of nitrogens with zero attached hydrogens (tertiary/aromatic N) is 1. The molecule has 2 aromatic rings. The summed E-state index contributed by atoms with van der Waals surface area (Å²) in [6.07, 6.45) is 0.0669. The molecule has 2 aromatic carbocycles. The van der Waals surface area contributed by atoms with Crippen molar-refractivity contribution in [1.29, 1.82) is 0 Å². The van der Waals surface area contributed by atoms with E-state index in [0.717, 1.165) is 11.1 Å². The number of carbonyl (C=O) groups is 3. The van der Waals surface area contributed by atoms with Gasteiger partial charge < -0.3 is 39.8 Å². The first-order valence-corrected chi connectivity index (χ1v) is 14.9. The number of hydrogen-bond donors (Lipinski definition) is 4. The molecule has 0 spiro atoms. The number of benzene rings is 2. The largest absolute Gasteiger partial charge is 0.493 e. The molecule has 0 fully saturated rings. The van der Waals surface area contributed by atoms with Crippen molar-refractivity contribution in [2.45, 2.75) is 70.9 Å². The van der Waals surface area contributed by atoms with Crippen LogP contribution in [0, 0.1) is 10.5 Å². The molecule has 0 bridgehead atoms. The van der Waals surface area contributed by atoms with Crippen LogP contribution >= 0.6 is 22.6 Å². The average Bonchev–Trinajstić information content (AvgIpc) is 2.97. The molecule has 0 aliphatic heterocycles. The second-order valence-corrected chi connectivity index (χ2v) is 11.5. The van der Waals surface area contributed by atoms with Crippen LogP contribution in [0.25, 0.3) is 0 Å². The predicted molar refractivity (Wildman–Crippen MR) is 165 cm³/mol. The monoisotopic (exact) mass is 694 g/mol. The van der Waals surface area contributed by atoms with Gasteiger partial charge in [-0.2, -0.15) is 0 Å². The molecule has 1 aliphatic carbocycles. The van der Waals surface area contributed by atoms with Gasteiger partial charge in [0.1, 0.15) is 18.0 Å². The molecule has 10 nitrogen and oxygen atoms in total. The number of amides is 2. The van der Waals surface area contributed by atoms with E-state index in [1.165, 1.54) is 20.1 Å². The lowest BCUT2D eigenvalue weighted by Crippen LogP contribution is -2.54. The lowest BCUT2D eigenvalue weighted by molar-refractivity contribution is -0.139. The van der Waals surface area contributed by atoms with Crippen molar-refractivity contribution in [3.05, 3.63) is 68.3 Å². The van der Waals surface area contributed by atoms with Crippen molar-refractivity contribution < 1.29 is 39.2 Å². The second-order valence-electron chi connectivity index (χ2n) is 10.3. The summed E-state index contributed by atoms with van der Waals surface area (Å²) in [6, 6.07) is 10.2. The van der Waals surface area contributed by atoms with Gasteiger partial charge in [-0.25, -0.2) is 0 Å². The molecule has 3 rings (SSSR count). The molecule has 0 aromatic heterocycles. The van der Waals surface area contributed by atoms with E-state index >= 15 is 0 Å². The molecule has 0 radical (unpaired) electrons. The molecule has 0 saturated carbocycles. The molecule has 0 unspecified atom stereocenters. The highest BCUT2D eigenvalue weighted by Gasteiger charge is 2.41. The normalized spacial score (nSPS) is 18.2. The molecule has 0 heterocycles. The van der Waals surface area contributed by atoms with E-state index in [1.54, 1.807) is 17.0 Å². The zero-order valence-electron chi connectivity index (χ0n) is 24.1. The number of halogens is 1. The third kappa shape index (κ3) is 9.00. The van der Waals surface area contributed by atoms with Crippen LogP contribution in [0.2, 0.25) is 0 Å². The van der Waals surface area contributed by atoms with E-state index in [0.29, 0.717) is 32.6 Å². The number of nitrogens with one attached hydrogen (secondary N) is 1. The van der Waals surface area contributed by atoms with Crippen LogP contribution in [0.1, 0.15) is 49.3 Å². The van der Waals surface area contributed by atoms with Crippen molar-refractivity contribution in [2.75, 3.05) is 20.3 Å². The van der Waals surface area contributed by atoms with Crippen molar-refractivity contribution >= 4 is 40.2 Å². The van der Waals surface area contributed by atoms with Crippen LogP contribution < -0.4 is 14.8 Å². The summed E-state index contributed by atoms with van der Waals surface area (Å²) in [5.74, 6) is -0.0381. The molecular weight excluding hydrogens is 655 g/mol. The number of aliphatic hydroxyl groups excluding tert-OH is 3. The SMILES string of the molecule is COc1cc(CO)cc(I)c1O[C@H]1C=C(C(=O)NCCO)C[C@@H](N(Cc2ccc(C)cc2)C(=O)CCCC(C)=O)[C@@H]1O. The summed E-state index contributed by atoms with van der Waals surface area (Å²) >= 11 is 2.05. The smallest absolute Gasteiger partial charge is 0.247 e. The van der Waals surface area contributed by atoms with Crippen LogP contribution in [0.5, 0.6) is 11.5 Å². The van der Waals surface area contributed by atoms with Gasteiger partial charge in [0.2, 0.25) is 11.8 Å². The molecule has 42 heavy (non-hydrogen) atoms. The van der Waals surface area contributed by atoms with Gasteiger partial charge in [-0.3, -0.25) is 9.59 Å². The lowest BCUT2D eigenvalue weighted by atomic mass is 9.87. The van der Waals surface area contributed by atoms with Crippen molar-refractivity contribution in [3.8, 4) is 11.5 Å². The first kappa shape index (κ1) is 33.5. The minimum atomic E-state index is -1.22. The Kier molecular flexibility index (Phi) is 12.8. The molecule has 228 valence electrons. The fourth-order valence-electron chi connectivity index (χ4n) is 4.81. The Balaban J connectivity index is 2.02. The summed E-state index contributed by atoms with van der Waals surface area (Å²) in [6.45, 7) is 3.23.